The van der Waals surface area contributed by atoms with E-state index in [9.17, 15) is 9.18 Å². The maximum Gasteiger partial charge on any atom is 0.254 e. The third kappa shape index (κ3) is 3.62. The van der Waals surface area contributed by atoms with Crippen molar-refractivity contribution in [3.05, 3.63) is 35.6 Å². The van der Waals surface area contributed by atoms with Gasteiger partial charge in [0, 0.05) is 18.0 Å². The molecule has 1 amide bonds. The number of nitrogens with zero attached hydrogens (tertiary/aromatic N) is 1. The number of halogens is 1. The van der Waals surface area contributed by atoms with E-state index in [2.05, 4.69) is 0 Å². The Morgan fingerprint density at radius 3 is 2.88 bits per heavy atom. The van der Waals surface area contributed by atoms with E-state index in [1.54, 1.807) is 12.1 Å². The van der Waals surface area contributed by atoms with Gasteiger partial charge in [0.1, 0.15) is 5.82 Å². The van der Waals surface area contributed by atoms with Gasteiger partial charge in [-0.05, 0) is 51.0 Å². The van der Waals surface area contributed by atoms with E-state index in [0.29, 0.717) is 37.8 Å². The van der Waals surface area contributed by atoms with Gasteiger partial charge < -0.3 is 14.4 Å². The Morgan fingerprint density at radius 1 is 1.42 bits per heavy atom. The van der Waals surface area contributed by atoms with Gasteiger partial charge in [-0.15, -0.1) is 0 Å². The van der Waals surface area contributed by atoms with Gasteiger partial charge >= 0.3 is 0 Å². The van der Waals surface area contributed by atoms with Crippen molar-refractivity contribution >= 4 is 5.91 Å². The molecule has 1 aliphatic carbocycles. The second kappa shape index (κ2) is 7.19. The fourth-order valence-electron chi connectivity index (χ4n) is 3.81. The molecule has 1 spiro atoms. The molecule has 0 bridgehead atoms. The highest BCUT2D eigenvalue weighted by molar-refractivity contribution is 5.94. The molecule has 5 heteroatoms. The molecule has 1 saturated heterocycles. The lowest BCUT2D eigenvalue weighted by atomic mass is 9.89. The summed E-state index contributed by atoms with van der Waals surface area (Å²) in [5, 5.41) is 0. The number of benzene rings is 1. The van der Waals surface area contributed by atoms with Crippen molar-refractivity contribution in [2.45, 2.75) is 44.8 Å². The summed E-state index contributed by atoms with van der Waals surface area (Å²) < 4.78 is 25.1. The lowest BCUT2D eigenvalue weighted by Crippen LogP contribution is -2.56. The zero-order chi connectivity index (χ0) is 17.2. The predicted octanol–water partition coefficient (Wildman–Crippen LogP) is 3.26. The number of rotatable bonds is 4. The Bertz CT molecular complexity index is 574. The highest BCUT2D eigenvalue weighted by Gasteiger charge is 2.48. The number of morpholine rings is 1. The molecule has 2 aliphatic rings. The second-order valence-electron chi connectivity index (χ2n) is 7.12. The van der Waals surface area contributed by atoms with Crippen molar-refractivity contribution < 1.29 is 18.7 Å². The summed E-state index contributed by atoms with van der Waals surface area (Å²) >= 11 is 0. The third-order valence-corrected chi connectivity index (χ3v) is 5.11. The normalized spacial score (nSPS) is 27.2. The molecule has 2 atom stereocenters. The van der Waals surface area contributed by atoms with Crippen LogP contribution in [0.2, 0.25) is 0 Å². The molecule has 2 fully saturated rings. The van der Waals surface area contributed by atoms with E-state index in [0.717, 1.165) is 19.3 Å². The Labute approximate surface area is 142 Å². The molecular weight excluding hydrogens is 309 g/mol. The number of ether oxygens (including phenoxy) is 2. The Kier molecular flexibility index (Phi) is 5.21. The van der Waals surface area contributed by atoms with Crippen molar-refractivity contribution in [3.8, 4) is 0 Å². The molecule has 1 saturated carbocycles. The lowest BCUT2D eigenvalue weighted by molar-refractivity contribution is -0.136. The van der Waals surface area contributed by atoms with Crippen LogP contribution in [-0.2, 0) is 9.47 Å². The van der Waals surface area contributed by atoms with Crippen molar-refractivity contribution in [1.82, 2.24) is 4.90 Å². The summed E-state index contributed by atoms with van der Waals surface area (Å²) in [6, 6.07) is 5.76. The first-order valence-electron chi connectivity index (χ1n) is 8.80. The fourth-order valence-corrected chi connectivity index (χ4v) is 3.81. The Hall–Kier alpha value is -1.46. The average molecular weight is 335 g/mol. The highest BCUT2D eigenvalue weighted by Crippen LogP contribution is 2.41. The maximum atomic E-state index is 13.1. The first kappa shape index (κ1) is 17.4. The van der Waals surface area contributed by atoms with Crippen LogP contribution in [0.3, 0.4) is 0 Å². The monoisotopic (exact) mass is 335 g/mol. The fraction of sp³-hybridized carbons (Fsp3) is 0.632. The van der Waals surface area contributed by atoms with Crippen molar-refractivity contribution in [1.29, 1.82) is 0 Å². The Morgan fingerprint density at radius 2 is 2.17 bits per heavy atom. The zero-order valence-electron chi connectivity index (χ0n) is 14.5. The van der Waals surface area contributed by atoms with Crippen LogP contribution in [0.15, 0.2) is 24.3 Å². The minimum absolute atomic E-state index is 0.0481. The van der Waals surface area contributed by atoms with E-state index >= 15 is 0 Å². The SMILES string of the molecule is CC(C)OC[C@@H]1CCC[C@@]12CN(C(=O)c1ccc(F)cc1)CCO2. The summed E-state index contributed by atoms with van der Waals surface area (Å²) in [6.07, 6.45) is 3.34. The predicted molar refractivity (Wildman–Crippen MR) is 89.4 cm³/mol. The lowest BCUT2D eigenvalue weighted by Gasteiger charge is -2.44. The molecular formula is C19H26FNO3. The highest BCUT2D eigenvalue weighted by atomic mass is 19.1. The number of hydrogen-bond donors (Lipinski definition) is 0. The van der Waals surface area contributed by atoms with E-state index in [4.69, 9.17) is 9.47 Å². The topological polar surface area (TPSA) is 38.8 Å². The van der Waals surface area contributed by atoms with Crippen LogP contribution >= 0.6 is 0 Å². The molecule has 3 rings (SSSR count). The minimum Gasteiger partial charge on any atom is -0.378 e. The summed E-state index contributed by atoms with van der Waals surface area (Å²) in [4.78, 5) is 14.6. The van der Waals surface area contributed by atoms with Crippen molar-refractivity contribution in [2.75, 3.05) is 26.3 Å². The minimum atomic E-state index is -0.327. The number of carbonyl (C=O) groups is 1. The van der Waals surface area contributed by atoms with E-state index in [1.807, 2.05) is 18.7 Å². The van der Waals surface area contributed by atoms with Gasteiger partial charge in [0.25, 0.3) is 5.91 Å². The number of carbonyl (C=O) groups excluding carboxylic acids is 1. The van der Waals surface area contributed by atoms with Crippen LogP contribution in [0.5, 0.6) is 0 Å². The van der Waals surface area contributed by atoms with Gasteiger partial charge in [0.15, 0.2) is 0 Å². The van der Waals surface area contributed by atoms with E-state index < -0.39 is 0 Å². The zero-order valence-corrected chi connectivity index (χ0v) is 14.5. The second-order valence-corrected chi connectivity index (χ2v) is 7.12. The molecule has 0 unspecified atom stereocenters. The molecule has 24 heavy (non-hydrogen) atoms. The quantitative estimate of drug-likeness (QED) is 0.848. The van der Waals surface area contributed by atoms with Gasteiger partial charge in [-0.2, -0.15) is 0 Å². The van der Waals surface area contributed by atoms with Crippen LogP contribution in [-0.4, -0.2) is 48.8 Å². The van der Waals surface area contributed by atoms with Crippen LogP contribution in [0, 0.1) is 11.7 Å². The molecule has 1 heterocycles. The average Bonchev–Trinajstić information content (AvgIpc) is 2.95. The standard InChI is InChI=1S/C19H26FNO3/c1-14(2)23-12-16-4-3-9-19(16)13-21(10-11-24-19)18(22)15-5-7-17(20)8-6-15/h5-8,14,16H,3-4,9-13H2,1-2H3/t16-,19+/m0/s1. The van der Waals surface area contributed by atoms with Crippen molar-refractivity contribution in [3.63, 3.8) is 0 Å². The number of hydrogen-bond acceptors (Lipinski definition) is 3. The first-order chi connectivity index (χ1) is 11.5. The molecule has 132 valence electrons. The molecule has 0 N–H and O–H groups in total. The van der Waals surface area contributed by atoms with Crippen molar-refractivity contribution in [2.24, 2.45) is 5.92 Å². The molecule has 1 aromatic carbocycles. The van der Waals surface area contributed by atoms with Gasteiger partial charge in [-0.1, -0.05) is 6.42 Å². The van der Waals surface area contributed by atoms with Gasteiger partial charge in [0.2, 0.25) is 0 Å². The smallest absolute Gasteiger partial charge is 0.254 e. The number of amides is 1. The largest absolute Gasteiger partial charge is 0.378 e. The molecule has 1 aromatic rings. The summed E-state index contributed by atoms with van der Waals surface area (Å²) in [5.74, 6) is -0.0523. The summed E-state index contributed by atoms with van der Waals surface area (Å²) in [7, 11) is 0. The maximum absolute atomic E-state index is 13.1. The van der Waals surface area contributed by atoms with Crippen LogP contribution in [0.1, 0.15) is 43.5 Å². The molecule has 0 aromatic heterocycles. The van der Waals surface area contributed by atoms with Gasteiger partial charge in [-0.3, -0.25) is 4.79 Å². The molecule has 4 nitrogen and oxygen atoms in total. The molecule has 0 radical (unpaired) electrons. The van der Waals surface area contributed by atoms with E-state index in [1.165, 1.54) is 12.1 Å². The van der Waals surface area contributed by atoms with E-state index in [-0.39, 0.29) is 23.4 Å². The molecule has 1 aliphatic heterocycles. The summed E-state index contributed by atoms with van der Waals surface area (Å²) in [6.45, 7) is 6.47. The Balaban J connectivity index is 1.71. The van der Waals surface area contributed by atoms with Crippen LogP contribution in [0.4, 0.5) is 4.39 Å². The third-order valence-electron chi connectivity index (χ3n) is 5.11. The first-order valence-corrected chi connectivity index (χ1v) is 8.80. The van der Waals surface area contributed by atoms with Crippen LogP contribution < -0.4 is 0 Å². The van der Waals surface area contributed by atoms with Gasteiger partial charge in [-0.25, -0.2) is 4.39 Å². The van der Waals surface area contributed by atoms with Crippen LogP contribution in [0.25, 0.3) is 0 Å². The summed E-state index contributed by atoms with van der Waals surface area (Å²) in [5.41, 5.74) is 0.240. The van der Waals surface area contributed by atoms with Gasteiger partial charge in [0.05, 0.1) is 31.5 Å².